The fourth-order valence-corrected chi connectivity index (χ4v) is 27.5. The van der Waals surface area contributed by atoms with Crippen LogP contribution in [0.25, 0.3) is 34.1 Å². The summed E-state index contributed by atoms with van der Waals surface area (Å²) in [5, 5.41) is 2.67. The summed E-state index contributed by atoms with van der Waals surface area (Å²) in [6.45, 7) is 12.5. The van der Waals surface area contributed by atoms with Gasteiger partial charge < -0.3 is 24.8 Å². The number of allylic oxidation sites excluding steroid dienone is 2. The molecule has 0 aliphatic heterocycles. The Labute approximate surface area is 248 Å². The van der Waals surface area contributed by atoms with Crippen molar-refractivity contribution >= 4 is 28.4 Å². The molecule has 4 aromatic rings. The molecule has 0 fully saturated rings. The van der Waals surface area contributed by atoms with Crippen LogP contribution < -0.4 is 24.8 Å². The van der Waals surface area contributed by atoms with Gasteiger partial charge in [0.05, 0.1) is 0 Å². The molecule has 192 valence electrons. The largest absolute Gasteiger partial charge is 1.00 e. The monoisotopic (exact) mass is 630 g/mol. The molecule has 6 rings (SSSR count). The van der Waals surface area contributed by atoms with Crippen LogP contribution in [0.5, 0.6) is 0 Å². The fourth-order valence-electron chi connectivity index (χ4n) is 6.60. The van der Waals surface area contributed by atoms with Gasteiger partial charge in [-0.1, -0.05) is 0 Å². The first-order valence-electron chi connectivity index (χ1n) is 13.2. The van der Waals surface area contributed by atoms with E-state index in [0.717, 1.165) is 0 Å². The molecular formula is C34H34Cl2SiZr. The predicted molar refractivity (Wildman–Crippen MR) is 155 cm³/mol. The van der Waals surface area contributed by atoms with Crippen LogP contribution in [0.4, 0.5) is 0 Å². The van der Waals surface area contributed by atoms with Crippen molar-refractivity contribution in [1.29, 1.82) is 0 Å². The maximum absolute atomic E-state index is 2.62. The minimum atomic E-state index is -2.04. The Morgan fingerprint density at radius 3 is 2.08 bits per heavy atom. The van der Waals surface area contributed by atoms with Gasteiger partial charge in [0.2, 0.25) is 0 Å². The van der Waals surface area contributed by atoms with E-state index in [4.69, 9.17) is 0 Å². The van der Waals surface area contributed by atoms with Gasteiger partial charge in [-0.2, -0.15) is 0 Å². The summed E-state index contributed by atoms with van der Waals surface area (Å²) in [6.07, 6.45) is 5.11. The van der Waals surface area contributed by atoms with Crippen LogP contribution in [0.15, 0.2) is 96.1 Å². The fraction of sp³-hybridized carbons (Fsp3) is 0.235. The molecule has 2 aliphatic rings. The van der Waals surface area contributed by atoms with Crippen molar-refractivity contribution in [2.45, 2.75) is 41.1 Å². The minimum Gasteiger partial charge on any atom is -1.00 e. The Kier molecular flexibility index (Phi) is 9.10. The second-order valence-electron chi connectivity index (χ2n) is 11.0. The van der Waals surface area contributed by atoms with Crippen molar-refractivity contribution in [3.05, 3.63) is 118 Å². The van der Waals surface area contributed by atoms with E-state index in [-0.39, 0.29) is 24.8 Å². The van der Waals surface area contributed by atoms with Gasteiger partial charge in [0.25, 0.3) is 0 Å². The van der Waals surface area contributed by atoms with Crippen molar-refractivity contribution in [3.63, 3.8) is 0 Å². The number of benzene rings is 4. The van der Waals surface area contributed by atoms with Crippen LogP contribution in [0, 0.1) is 5.92 Å². The molecule has 0 heterocycles. The van der Waals surface area contributed by atoms with E-state index < -0.39 is 25.8 Å². The first kappa shape index (κ1) is 29.3. The van der Waals surface area contributed by atoms with Crippen molar-refractivity contribution < 1.29 is 45.2 Å². The first-order valence-corrected chi connectivity index (χ1v) is 22.2. The van der Waals surface area contributed by atoms with Gasteiger partial charge in [-0.15, -0.1) is 0 Å². The summed E-state index contributed by atoms with van der Waals surface area (Å²) in [6, 6.07) is 32.0. The van der Waals surface area contributed by atoms with Gasteiger partial charge in [-0.05, 0) is 0 Å². The number of fused-ring (bicyclic) bond motifs is 3. The molecular weight excluding hydrogens is 599 g/mol. The van der Waals surface area contributed by atoms with Gasteiger partial charge in [-0.25, -0.2) is 0 Å². The molecule has 0 radical (unpaired) electrons. The average molecular weight is 633 g/mol. The smallest absolute Gasteiger partial charge is 1.00 e. The summed E-state index contributed by atoms with van der Waals surface area (Å²) >= 11 is -2.04. The summed E-state index contributed by atoms with van der Waals surface area (Å²) < 4.78 is 1.37. The maximum atomic E-state index is 2.62. The summed E-state index contributed by atoms with van der Waals surface area (Å²) in [4.78, 5) is 0. The molecule has 0 saturated heterocycles. The van der Waals surface area contributed by atoms with Crippen LogP contribution in [0.3, 0.4) is 0 Å². The standard InChI is InChI=1S/C20H15.C12H13.C2H6Si.2ClH.Zr/c1-14-12-16-8-5-11-19(20(16)13-14)18-10-4-7-15-6-2-3-9-17(15)18;1-9(2)12-7-10-5-3-4-6-11(10)8-12;1-3-2;;;/h2-13H,1H3;3-9H,1-2H3;1-2H3;2*1H;/q;;;;;+2/p-2. The van der Waals surface area contributed by atoms with Crippen LogP contribution in [0.1, 0.15) is 50.3 Å². The molecule has 0 spiro atoms. The molecule has 0 nitrogen and oxygen atoms in total. The van der Waals surface area contributed by atoms with Crippen molar-refractivity contribution in [1.82, 2.24) is 0 Å². The normalized spacial score (nSPS) is 17.0. The van der Waals surface area contributed by atoms with E-state index in [2.05, 4.69) is 131 Å². The summed E-state index contributed by atoms with van der Waals surface area (Å²) in [7, 11) is 0. The zero-order chi connectivity index (χ0) is 25.0. The summed E-state index contributed by atoms with van der Waals surface area (Å²) in [5.74, 6) is 0.603. The average Bonchev–Trinajstić information content (AvgIpc) is 3.42. The number of rotatable bonds is 4. The molecule has 0 N–H and O–H groups in total. The molecule has 4 heteroatoms. The van der Waals surface area contributed by atoms with E-state index in [1.165, 1.54) is 33.0 Å². The van der Waals surface area contributed by atoms with E-state index in [1.807, 2.05) is 0 Å². The second-order valence-corrected chi connectivity index (χ2v) is 28.8. The van der Waals surface area contributed by atoms with E-state index >= 15 is 0 Å². The molecule has 2 aliphatic carbocycles. The zero-order valence-corrected chi connectivity index (χ0v) is 27.7. The Bertz CT molecular complexity index is 1600. The van der Waals surface area contributed by atoms with Gasteiger partial charge in [0, 0.05) is 0 Å². The molecule has 0 aromatic heterocycles. The number of halogens is 2. The molecule has 38 heavy (non-hydrogen) atoms. The van der Waals surface area contributed by atoms with Gasteiger partial charge in [0.15, 0.2) is 0 Å². The van der Waals surface area contributed by atoms with Crippen LogP contribution in [0.2, 0.25) is 13.1 Å². The third-order valence-electron chi connectivity index (χ3n) is 8.19. The van der Waals surface area contributed by atoms with Gasteiger partial charge >= 0.3 is 225 Å². The maximum Gasteiger partial charge on any atom is -1.00 e. The van der Waals surface area contributed by atoms with Crippen molar-refractivity contribution in [2.24, 2.45) is 5.92 Å². The van der Waals surface area contributed by atoms with E-state index in [0.29, 0.717) is 13.2 Å². The number of hydrogen-bond acceptors (Lipinski definition) is 0. The molecule has 0 amide bonds. The van der Waals surface area contributed by atoms with Gasteiger partial charge in [-0.3, -0.25) is 0 Å². The molecule has 4 aromatic carbocycles. The predicted octanol–water partition coefficient (Wildman–Crippen LogP) is 3.64. The summed E-state index contributed by atoms with van der Waals surface area (Å²) in [5.41, 5.74) is 11.9. The minimum absolute atomic E-state index is 0. The van der Waals surface area contributed by atoms with Gasteiger partial charge in [0.1, 0.15) is 0 Å². The third kappa shape index (κ3) is 4.88. The van der Waals surface area contributed by atoms with E-state index in [1.54, 1.807) is 22.3 Å². The Morgan fingerprint density at radius 2 is 1.32 bits per heavy atom. The molecule has 0 saturated carbocycles. The van der Waals surface area contributed by atoms with E-state index in [9.17, 15) is 0 Å². The zero-order valence-electron chi connectivity index (χ0n) is 22.7. The van der Waals surface area contributed by atoms with Crippen LogP contribution in [-0.4, -0.2) is 5.43 Å². The van der Waals surface area contributed by atoms with Crippen molar-refractivity contribution in [3.8, 4) is 11.1 Å². The Morgan fingerprint density at radius 1 is 0.684 bits per heavy atom. The number of hydrogen-bond donors (Lipinski definition) is 0. The second kappa shape index (κ2) is 11.8. The molecule has 2 atom stereocenters. The SMILES string of the molecule is CC1=Cc2c(-c3cccc4ccccc34)cccc2[CH]1[Zr+2]([CH]1C(C(C)C)=Cc2ccccc21)=[Si](C)C.[Cl-].[Cl-]. The van der Waals surface area contributed by atoms with Crippen LogP contribution >= 0.6 is 0 Å². The molecule has 2 unspecified atom stereocenters. The quantitative estimate of drug-likeness (QED) is 0.302. The first-order chi connectivity index (χ1) is 17.5. The topological polar surface area (TPSA) is 0 Å². The Balaban J connectivity index is 0.00000168. The van der Waals surface area contributed by atoms with Crippen molar-refractivity contribution in [2.75, 3.05) is 0 Å². The third-order valence-corrected chi connectivity index (χ3v) is 27.8. The van der Waals surface area contributed by atoms with Crippen LogP contribution in [-0.2, 0) is 20.4 Å². The Hall–Kier alpha value is -1.70. The molecule has 0 bridgehead atoms.